The average Bonchev–Trinajstić information content (AvgIpc) is 1.82. The van der Waals surface area contributed by atoms with Crippen LogP contribution in [-0.4, -0.2) is 18.4 Å². The molecule has 2 unspecified atom stereocenters. The fourth-order valence-electron chi connectivity index (χ4n) is 1.01. The monoisotopic (exact) mass is 142 g/mol. The predicted octanol–water partition coefficient (Wildman–Crippen LogP) is 0.527. The van der Waals surface area contributed by atoms with Crippen molar-refractivity contribution in [3.63, 3.8) is 0 Å². The van der Waals surface area contributed by atoms with Gasteiger partial charge in [0.1, 0.15) is 12.4 Å². The lowest BCUT2D eigenvalue weighted by Crippen LogP contribution is -2.36. The first-order chi connectivity index (χ1) is 4.74. The molecule has 1 fully saturated rings. The minimum Gasteiger partial charge on any atom is -0.462 e. The Bertz CT molecular complexity index is 153. The zero-order chi connectivity index (χ0) is 7.56. The Morgan fingerprint density at radius 2 is 2.30 bits per heavy atom. The van der Waals surface area contributed by atoms with E-state index in [-0.39, 0.29) is 18.0 Å². The first kappa shape index (κ1) is 7.25. The molecule has 0 saturated heterocycles. The molecule has 1 aliphatic carbocycles. The maximum atomic E-state index is 10.4. The van der Waals surface area contributed by atoms with Crippen LogP contribution in [0, 0.1) is 5.92 Å². The van der Waals surface area contributed by atoms with Crippen molar-refractivity contribution in [1.29, 1.82) is 0 Å². The van der Waals surface area contributed by atoms with Crippen molar-refractivity contribution in [3.05, 3.63) is 0 Å². The Morgan fingerprint density at radius 3 is 2.60 bits per heavy atom. The van der Waals surface area contributed by atoms with Crippen LogP contribution in [-0.2, 0) is 14.3 Å². The van der Waals surface area contributed by atoms with Crippen molar-refractivity contribution in [2.24, 2.45) is 5.92 Å². The van der Waals surface area contributed by atoms with Gasteiger partial charge in [-0.2, -0.15) is 0 Å². The molecule has 10 heavy (non-hydrogen) atoms. The van der Waals surface area contributed by atoms with Gasteiger partial charge in [-0.15, -0.1) is 0 Å². The second-order valence-electron chi connectivity index (χ2n) is 2.53. The normalized spacial score (nSPS) is 30.5. The largest absolute Gasteiger partial charge is 0.462 e. The lowest BCUT2D eigenvalue weighted by Gasteiger charge is -2.31. The molecule has 1 rings (SSSR count). The molecule has 0 aliphatic heterocycles. The third-order valence-electron chi connectivity index (χ3n) is 1.75. The molecule has 0 N–H and O–H groups in total. The van der Waals surface area contributed by atoms with E-state index in [4.69, 9.17) is 4.74 Å². The van der Waals surface area contributed by atoms with E-state index in [0.29, 0.717) is 0 Å². The van der Waals surface area contributed by atoms with Crippen LogP contribution in [0.15, 0.2) is 0 Å². The van der Waals surface area contributed by atoms with Gasteiger partial charge in [0, 0.05) is 6.92 Å². The molecule has 56 valence electrons. The van der Waals surface area contributed by atoms with Gasteiger partial charge in [0.05, 0.1) is 5.92 Å². The Kier molecular flexibility index (Phi) is 2.04. The number of esters is 1. The van der Waals surface area contributed by atoms with Crippen molar-refractivity contribution >= 4 is 12.3 Å². The summed E-state index contributed by atoms with van der Waals surface area (Å²) in [5.74, 6) is -0.333. The summed E-state index contributed by atoms with van der Waals surface area (Å²) in [6, 6.07) is 0. The summed E-state index contributed by atoms with van der Waals surface area (Å²) in [7, 11) is 0. The molecular weight excluding hydrogens is 132 g/mol. The minimum atomic E-state index is -0.295. The molecule has 0 aromatic carbocycles. The topological polar surface area (TPSA) is 43.4 Å². The number of hydrogen-bond donors (Lipinski definition) is 0. The first-order valence-corrected chi connectivity index (χ1v) is 3.36. The van der Waals surface area contributed by atoms with E-state index in [9.17, 15) is 9.59 Å². The number of carbonyl (C=O) groups is 2. The standard InChI is InChI=1S/C7H10O3/c1-5(9)10-7-3-2-6(7)4-8/h4,6-7H,2-3H2,1H3. The number of carbonyl (C=O) groups excluding carboxylic acids is 2. The summed E-state index contributed by atoms with van der Waals surface area (Å²) in [4.78, 5) is 20.6. The molecule has 0 aromatic heterocycles. The Balaban J connectivity index is 2.29. The lowest BCUT2D eigenvalue weighted by molar-refractivity contribution is -0.155. The molecule has 0 aromatic rings. The van der Waals surface area contributed by atoms with Gasteiger partial charge in [0.15, 0.2) is 0 Å². The maximum Gasteiger partial charge on any atom is 0.302 e. The molecular formula is C7H10O3. The number of ether oxygens (including phenoxy) is 1. The molecule has 0 radical (unpaired) electrons. The van der Waals surface area contributed by atoms with Crippen molar-refractivity contribution in [2.45, 2.75) is 25.9 Å². The second-order valence-corrected chi connectivity index (χ2v) is 2.53. The number of rotatable bonds is 2. The SMILES string of the molecule is CC(=O)OC1CCC1C=O. The third-order valence-corrected chi connectivity index (χ3v) is 1.75. The van der Waals surface area contributed by atoms with Gasteiger partial charge in [-0.25, -0.2) is 0 Å². The minimum absolute atomic E-state index is 0.0381. The van der Waals surface area contributed by atoms with E-state index in [1.54, 1.807) is 0 Å². The van der Waals surface area contributed by atoms with Crippen LogP contribution in [0.1, 0.15) is 19.8 Å². The van der Waals surface area contributed by atoms with Gasteiger partial charge in [0.2, 0.25) is 0 Å². The average molecular weight is 142 g/mol. The molecule has 3 heteroatoms. The summed E-state index contributed by atoms with van der Waals surface area (Å²) in [6.07, 6.45) is 2.43. The van der Waals surface area contributed by atoms with Gasteiger partial charge in [-0.3, -0.25) is 4.79 Å². The Labute approximate surface area is 59.4 Å². The van der Waals surface area contributed by atoms with Crippen molar-refractivity contribution in [1.82, 2.24) is 0 Å². The van der Waals surface area contributed by atoms with E-state index in [0.717, 1.165) is 19.1 Å². The van der Waals surface area contributed by atoms with Crippen LogP contribution >= 0.6 is 0 Å². The summed E-state index contributed by atoms with van der Waals surface area (Å²) in [5.41, 5.74) is 0. The highest BCUT2D eigenvalue weighted by molar-refractivity contribution is 5.67. The molecule has 1 saturated carbocycles. The zero-order valence-corrected chi connectivity index (χ0v) is 5.87. The molecule has 3 nitrogen and oxygen atoms in total. The lowest BCUT2D eigenvalue weighted by atomic mass is 9.83. The molecule has 0 amide bonds. The highest BCUT2D eigenvalue weighted by atomic mass is 16.5. The van der Waals surface area contributed by atoms with Gasteiger partial charge in [-0.1, -0.05) is 0 Å². The molecule has 1 aliphatic rings. The van der Waals surface area contributed by atoms with Crippen LogP contribution in [0.25, 0.3) is 0 Å². The van der Waals surface area contributed by atoms with Crippen LogP contribution in [0.4, 0.5) is 0 Å². The van der Waals surface area contributed by atoms with Crippen LogP contribution < -0.4 is 0 Å². The summed E-state index contributed by atoms with van der Waals surface area (Å²) in [5, 5.41) is 0. The van der Waals surface area contributed by atoms with Gasteiger partial charge in [-0.05, 0) is 12.8 Å². The van der Waals surface area contributed by atoms with E-state index < -0.39 is 0 Å². The molecule has 0 heterocycles. The fourth-order valence-corrected chi connectivity index (χ4v) is 1.01. The summed E-state index contributed by atoms with van der Waals surface area (Å²) in [6.45, 7) is 1.36. The van der Waals surface area contributed by atoms with E-state index >= 15 is 0 Å². The van der Waals surface area contributed by atoms with Crippen LogP contribution in [0.5, 0.6) is 0 Å². The zero-order valence-electron chi connectivity index (χ0n) is 5.87. The number of hydrogen-bond acceptors (Lipinski definition) is 3. The molecule has 2 atom stereocenters. The molecule has 0 spiro atoms. The van der Waals surface area contributed by atoms with Crippen molar-refractivity contribution in [3.8, 4) is 0 Å². The van der Waals surface area contributed by atoms with E-state index in [1.807, 2.05) is 0 Å². The fraction of sp³-hybridized carbons (Fsp3) is 0.714. The van der Waals surface area contributed by atoms with Crippen molar-refractivity contribution < 1.29 is 14.3 Å². The summed E-state index contributed by atoms with van der Waals surface area (Å²) < 4.78 is 4.82. The van der Waals surface area contributed by atoms with Crippen LogP contribution in [0.2, 0.25) is 0 Å². The third kappa shape index (κ3) is 1.35. The Morgan fingerprint density at radius 1 is 1.60 bits per heavy atom. The van der Waals surface area contributed by atoms with Crippen LogP contribution in [0.3, 0.4) is 0 Å². The Hall–Kier alpha value is -0.860. The van der Waals surface area contributed by atoms with E-state index in [2.05, 4.69) is 0 Å². The van der Waals surface area contributed by atoms with Gasteiger partial charge < -0.3 is 9.53 Å². The quantitative estimate of drug-likeness (QED) is 0.417. The first-order valence-electron chi connectivity index (χ1n) is 3.36. The number of aldehydes is 1. The smallest absolute Gasteiger partial charge is 0.302 e. The van der Waals surface area contributed by atoms with Gasteiger partial charge in [0.25, 0.3) is 0 Å². The summed E-state index contributed by atoms with van der Waals surface area (Å²) >= 11 is 0. The highest BCUT2D eigenvalue weighted by Gasteiger charge is 2.32. The predicted molar refractivity (Wildman–Crippen MR) is 34.3 cm³/mol. The highest BCUT2D eigenvalue weighted by Crippen LogP contribution is 2.28. The van der Waals surface area contributed by atoms with Crippen molar-refractivity contribution in [2.75, 3.05) is 0 Å². The second kappa shape index (κ2) is 2.82. The van der Waals surface area contributed by atoms with E-state index in [1.165, 1.54) is 6.92 Å². The maximum absolute atomic E-state index is 10.4. The molecule has 0 bridgehead atoms. The van der Waals surface area contributed by atoms with Gasteiger partial charge >= 0.3 is 5.97 Å².